The first-order valence-corrected chi connectivity index (χ1v) is 6.36. The van der Waals surface area contributed by atoms with Crippen LogP contribution in [-0.4, -0.2) is 30.0 Å². The first-order chi connectivity index (χ1) is 9.45. The van der Waals surface area contributed by atoms with E-state index in [1.54, 1.807) is 6.92 Å². The highest BCUT2D eigenvalue weighted by Gasteiger charge is 2.16. The highest BCUT2D eigenvalue weighted by molar-refractivity contribution is 5.80. The summed E-state index contributed by atoms with van der Waals surface area (Å²) < 4.78 is 5.51. The topological polar surface area (TPSA) is 107 Å². The number of nitrogens with zero attached hydrogens (tertiary/aromatic N) is 1. The largest absolute Gasteiger partial charge is 0.491 e. The maximum absolute atomic E-state index is 11.2. The Morgan fingerprint density at radius 3 is 2.75 bits per heavy atom. The van der Waals surface area contributed by atoms with Crippen molar-refractivity contribution in [3.05, 3.63) is 33.9 Å². The second kappa shape index (κ2) is 7.44. The van der Waals surface area contributed by atoms with Crippen molar-refractivity contribution in [2.24, 2.45) is 5.73 Å². The molecule has 1 rings (SSSR count). The minimum Gasteiger partial charge on any atom is -0.491 e. The van der Waals surface area contributed by atoms with Crippen LogP contribution in [0.3, 0.4) is 0 Å². The van der Waals surface area contributed by atoms with Gasteiger partial charge in [0.25, 0.3) is 5.69 Å². The van der Waals surface area contributed by atoms with Crippen molar-refractivity contribution in [3.63, 3.8) is 0 Å². The summed E-state index contributed by atoms with van der Waals surface area (Å²) in [5.41, 5.74) is 5.91. The molecule has 0 spiro atoms. The summed E-state index contributed by atoms with van der Waals surface area (Å²) in [5, 5.41) is 13.6. The van der Waals surface area contributed by atoms with Crippen molar-refractivity contribution in [1.29, 1.82) is 0 Å². The van der Waals surface area contributed by atoms with E-state index in [0.717, 1.165) is 6.42 Å². The molecule has 0 saturated carbocycles. The van der Waals surface area contributed by atoms with Crippen LogP contribution in [0.4, 0.5) is 5.69 Å². The first kappa shape index (κ1) is 15.9. The van der Waals surface area contributed by atoms with E-state index < -0.39 is 16.9 Å². The van der Waals surface area contributed by atoms with Gasteiger partial charge in [-0.3, -0.25) is 14.9 Å². The summed E-state index contributed by atoms with van der Waals surface area (Å²) in [5.74, 6) is 0.0122. The number of hydrogen-bond acceptors (Lipinski definition) is 5. The molecule has 0 heterocycles. The van der Waals surface area contributed by atoms with E-state index in [1.165, 1.54) is 18.2 Å². The summed E-state index contributed by atoms with van der Waals surface area (Å²) >= 11 is 0. The Balaban J connectivity index is 2.68. The van der Waals surface area contributed by atoms with E-state index in [0.29, 0.717) is 17.9 Å². The summed E-state index contributed by atoms with van der Waals surface area (Å²) in [6.07, 6.45) is 0.875. The fourth-order valence-electron chi connectivity index (χ4n) is 1.64. The first-order valence-electron chi connectivity index (χ1n) is 6.36. The molecule has 7 nitrogen and oxygen atoms in total. The Labute approximate surface area is 117 Å². The van der Waals surface area contributed by atoms with Gasteiger partial charge in [-0.15, -0.1) is 0 Å². The molecule has 1 atom stereocenters. The minimum atomic E-state index is -0.579. The maximum atomic E-state index is 11.2. The van der Waals surface area contributed by atoms with Gasteiger partial charge in [0.05, 0.1) is 4.92 Å². The van der Waals surface area contributed by atoms with Crippen LogP contribution < -0.4 is 15.8 Å². The Hall–Kier alpha value is -2.15. The number of nitrogens with one attached hydrogen (secondary N) is 1. The number of carbonyl (C=O) groups excluding carboxylic acids is 1. The van der Waals surface area contributed by atoms with Crippen molar-refractivity contribution in [2.75, 3.05) is 13.2 Å². The molecule has 0 radical (unpaired) electrons. The van der Waals surface area contributed by atoms with Crippen molar-refractivity contribution in [1.82, 2.24) is 5.32 Å². The number of aryl methyl sites for hydroxylation is 1. The lowest BCUT2D eigenvalue weighted by molar-refractivity contribution is -0.384. The molecule has 1 aromatic rings. The van der Waals surface area contributed by atoms with Gasteiger partial charge < -0.3 is 15.8 Å². The van der Waals surface area contributed by atoms with Crippen molar-refractivity contribution < 1.29 is 14.5 Å². The van der Waals surface area contributed by atoms with E-state index in [-0.39, 0.29) is 12.3 Å². The molecule has 0 fully saturated rings. The number of hydrogen-bond donors (Lipinski definition) is 2. The molecular formula is C13H19N3O4. The lowest BCUT2D eigenvalue weighted by Crippen LogP contribution is -2.45. The average molecular weight is 281 g/mol. The van der Waals surface area contributed by atoms with E-state index >= 15 is 0 Å². The summed E-state index contributed by atoms with van der Waals surface area (Å²) in [6, 6.07) is 3.73. The average Bonchev–Trinajstić information content (AvgIpc) is 2.39. The standard InChI is InChI=1S/C13H19N3O4/c1-3-6-15-11(13(14)17)8-20-12-5-4-10(16(18)19)7-9(12)2/h4-5,7,11,15H,3,6,8H2,1-2H3,(H2,14,17). The molecule has 3 N–H and O–H groups in total. The highest BCUT2D eigenvalue weighted by atomic mass is 16.6. The number of primary amides is 1. The molecule has 1 aromatic carbocycles. The van der Waals surface area contributed by atoms with Gasteiger partial charge >= 0.3 is 0 Å². The number of carbonyl (C=O) groups is 1. The van der Waals surface area contributed by atoms with Crippen LogP contribution in [0.15, 0.2) is 18.2 Å². The van der Waals surface area contributed by atoms with E-state index in [4.69, 9.17) is 10.5 Å². The number of nitro benzene ring substituents is 1. The zero-order valence-corrected chi connectivity index (χ0v) is 11.6. The second-order valence-corrected chi connectivity index (χ2v) is 4.43. The molecule has 1 unspecified atom stereocenters. The number of amides is 1. The number of nitro groups is 1. The zero-order chi connectivity index (χ0) is 15.1. The molecule has 0 aliphatic rings. The normalized spacial score (nSPS) is 11.9. The van der Waals surface area contributed by atoms with Gasteiger partial charge in [-0.1, -0.05) is 6.92 Å². The molecule has 0 aliphatic carbocycles. The van der Waals surface area contributed by atoms with Crippen molar-refractivity contribution in [2.45, 2.75) is 26.3 Å². The van der Waals surface area contributed by atoms with Crippen LogP contribution in [0.5, 0.6) is 5.75 Å². The van der Waals surface area contributed by atoms with Crippen LogP contribution in [0.2, 0.25) is 0 Å². The minimum absolute atomic E-state index is 0.00501. The number of non-ortho nitro benzene ring substituents is 1. The highest BCUT2D eigenvalue weighted by Crippen LogP contribution is 2.23. The van der Waals surface area contributed by atoms with Crippen LogP contribution in [0.1, 0.15) is 18.9 Å². The summed E-state index contributed by atoms with van der Waals surface area (Å²) in [6.45, 7) is 4.44. The summed E-state index contributed by atoms with van der Waals surface area (Å²) in [7, 11) is 0. The fourth-order valence-corrected chi connectivity index (χ4v) is 1.64. The Kier molecular flexibility index (Phi) is 5.92. The zero-order valence-electron chi connectivity index (χ0n) is 11.6. The van der Waals surface area contributed by atoms with Gasteiger partial charge in [0.15, 0.2) is 0 Å². The lowest BCUT2D eigenvalue weighted by Gasteiger charge is -2.16. The molecule has 7 heteroatoms. The van der Waals surface area contributed by atoms with Gasteiger partial charge in [-0.2, -0.15) is 0 Å². The molecule has 0 aromatic heterocycles. The number of ether oxygens (including phenoxy) is 1. The molecule has 20 heavy (non-hydrogen) atoms. The number of rotatable bonds is 8. The van der Waals surface area contributed by atoms with Crippen molar-refractivity contribution >= 4 is 11.6 Å². The predicted octanol–water partition coefficient (Wildman–Crippen LogP) is 1.14. The number of nitrogens with two attached hydrogens (primary N) is 1. The van der Waals surface area contributed by atoms with Gasteiger partial charge in [-0.05, 0) is 31.5 Å². The second-order valence-electron chi connectivity index (χ2n) is 4.43. The van der Waals surface area contributed by atoms with Gasteiger partial charge in [-0.25, -0.2) is 0 Å². The quantitative estimate of drug-likeness (QED) is 0.548. The molecule has 0 saturated heterocycles. The van der Waals surface area contributed by atoms with Crippen LogP contribution >= 0.6 is 0 Å². The number of benzene rings is 1. The van der Waals surface area contributed by atoms with E-state index in [9.17, 15) is 14.9 Å². The SMILES string of the molecule is CCCNC(COc1ccc([N+](=O)[O-])cc1C)C(N)=O. The van der Waals surface area contributed by atoms with Crippen LogP contribution in [0.25, 0.3) is 0 Å². The third-order valence-corrected chi connectivity index (χ3v) is 2.76. The third-order valence-electron chi connectivity index (χ3n) is 2.76. The molecule has 110 valence electrons. The maximum Gasteiger partial charge on any atom is 0.269 e. The van der Waals surface area contributed by atoms with Gasteiger partial charge in [0.1, 0.15) is 18.4 Å². The Morgan fingerprint density at radius 2 is 2.25 bits per heavy atom. The van der Waals surface area contributed by atoms with Crippen LogP contribution in [0, 0.1) is 17.0 Å². The Morgan fingerprint density at radius 1 is 1.55 bits per heavy atom. The van der Waals surface area contributed by atoms with Gasteiger partial charge in [0.2, 0.25) is 5.91 Å². The fraction of sp³-hybridized carbons (Fsp3) is 0.462. The van der Waals surface area contributed by atoms with Crippen LogP contribution in [-0.2, 0) is 4.79 Å². The molecule has 0 aliphatic heterocycles. The molecule has 1 amide bonds. The monoisotopic (exact) mass is 281 g/mol. The van der Waals surface area contributed by atoms with Gasteiger partial charge in [0, 0.05) is 12.1 Å². The molecule has 0 bridgehead atoms. The molecular weight excluding hydrogens is 262 g/mol. The van der Waals surface area contributed by atoms with Crippen molar-refractivity contribution in [3.8, 4) is 5.75 Å². The lowest BCUT2D eigenvalue weighted by atomic mass is 10.2. The Bertz CT molecular complexity index is 491. The third kappa shape index (κ3) is 4.51. The summed E-state index contributed by atoms with van der Waals surface area (Å²) in [4.78, 5) is 21.4. The predicted molar refractivity (Wildman–Crippen MR) is 74.6 cm³/mol. The smallest absolute Gasteiger partial charge is 0.269 e. The van der Waals surface area contributed by atoms with E-state index in [2.05, 4.69) is 5.32 Å². The van der Waals surface area contributed by atoms with E-state index in [1.807, 2.05) is 6.92 Å².